The standard InChI is InChI=1S/C35H54O5/c1-20-21-9-12-34(6)27(32(21,4)11-10-24(20)37)8-7-22-23-17-31(2,3)13-15-35(23,16-14-33(22,34)5)18-25-28(38)30-29(40-30)26(19-36)39-25/h7,20-21,23,25-30,36,38H,8-19H2,1-6H3/t20?,21?,23?,25?,26?,27?,28?,29?,30?,32?,33-,34?,35?/m1/s1. The zero-order valence-electron chi connectivity index (χ0n) is 25.9. The Morgan fingerprint density at radius 3 is 2.45 bits per heavy atom. The molecule has 4 saturated carbocycles. The van der Waals surface area contributed by atoms with E-state index in [0.717, 1.165) is 25.7 Å². The average molecular weight is 555 g/mol. The van der Waals surface area contributed by atoms with Crippen molar-refractivity contribution in [3.05, 3.63) is 11.6 Å². The normalized spacial score (nSPS) is 56.5. The molecule has 40 heavy (non-hydrogen) atoms. The number of hydrogen-bond acceptors (Lipinski definition) is 5. The molecule has 0 bridgehead atoms. The molecule has 6 fully saturated rings. The van der Waals surface area contributed by atoms with Gasteiger partial charge in [0.25, 0.3) is 0 Å². The number of fused-ring (bicyclic) bond motifs is 8. The lowest BCUT2D eigenvalue weighted by Crippen LogP contribution is -2.63. The van der Waals surface area contributed by atoms with Gasteiger partial charge in [0.1, 0.15) is 30.2 Å². The molecule has 13 atom stereocenters. The number of carbonyl (C=O) groups is 1. The summed E-state index contributed by atoms with van der Waals surface area (Å²) in [4.78, 5) is 12.8. The second-order valence-corrected chi connectivity index (χ2v) is 17.0. The van der Waals surface area contributed by atoms with E-state index >= 15 is 0 Å². The van der Waals surface area contributed by atoms with Crippen molar-refractivity contribution in [3.63, 3.8) is 0 Å². The van der Waals surface area contributed by atoms with E-state index in [9.17, 15) is 15.0 Å². The Morgan fingerprint density at radius 1 is 0.950 bits per heavy atom. The van der Waals surface area contributed by atoms with Crippen LogP contribution in [0, 0.1) is 50.7 Å². The molecule has 12 unspecified atom stereocenters. The Hall–Kier alpha value is -0.750. The van der Waals surface area contributed by atoms with Crippen molar-refractivity contribution in [2.24, 2.45) is 50.7 Å². The molecular formula is C35H54O5. The number of aliphatic hydroxyl groups is 2. The lowest BCUT2D eigenvalue weighted by molar-refractivity contribution is -0.179. The monoisotopic (exact) mass is 554 g/mol. The highest BCUT2D eigenvalue weighted by atomic mass is 16.7. The fourth-order valence-corrected chi connectivity index (χ4v) is 12.2. The molecule has 2 N–H and O–H groups in total. The SMILES string of the molecule is CC1C(=O)CCC2(C)C1CCC1(C)C2CC=C2C3CC(C)(C)CCC3(CC3OC(CO)C4OC4C3O)CC[C@]21C. The number of carbonyl (C=O) groups excluding carboxylic acids is 1. The molecule has 5 aliphatic carbocycles. The number of allylic oxidation sites excluding steroid dienone is 2. The fourth-order valence-electron chi connectivity index (χ4n) is 12.2. The van der Waals surface area contributed by atoms with Gasteiger partial charge in [0, 0.05) is 12.3 Å². The van der Waals surface area contributed by atoms with Gasteiger partial charge in [-0.25, -0.2) is 0 Å². The summed E-state index contributed by atoms with van der Waals surface area (Å²) in [6.07, 6.45) is 13.5. The largest absolute Gasteiger partial charge is 0.394 e. The summed E-state index contributed by atoms with van der Waals surface area (Å²) in [6, 6.07) is 0. The molecular weight excluding hydrogens is 500 g/mol. The van der Waals surface area contributed by atoms with Crippen LogP contribution in [-0.2, 0) is 14.3 Å². The highest BCUT2D eigenvalue weighted by Crippen LogP contribution is 2.75. The minimum absolute atomic E-state index is 0.0409. The summed E-state index contributed by atoms with van der Waals surface area (Å²) in [5.74, 6) is 2.37. The number of Topliss-reactive ketones (excluding diaryl/α,β-unsaturated/α-hetero) is 1. The van der Waals surface area contributed by atoms with E-state index in [2.05, 4.69) is 47.6 Å². The molecule has 2 heterocycles. The summed E-state index contributed by atoms with van der Waals surface area (Å²) in [5.41, 5.74) is 2.81. The Labute approximate surface area is 241 Å². The van der Waals surface area contributed by atoms with Gasteiger partial charge < -0.3 is 19.7 Å². The first kappa shape index (κ1) is 28.0. The average Bonchev–Trinajstić information content (AvgIpc) is 3.71. The quantitative estimate of drug-likeness (QED) is 0.319. The molecule has 0 radical (unpaired) electrons. The first-order valence-electron chi connectivity index (χ1n) is 16.6. The zero-order valence-corrected chi connectivity index (χ0v) is 25.9. The maximum Gasteiger partial charge on any atom is 0.136 e. The number of ketones is 1. The third-order valence-corrected chi connectivity index (χ3v) is 15.0. The Balaban J connectivity index is 1.24. The number of rotatable bonds is 3. The Bertz CT molecular complexity index is 1100. The fraction of sp³-hybridized carbons (Fsp3) is 0.914. The summed E-state index contributed by atoms with van der Waals surface area (Å²) < 4.78 is 12.1. The van der Waals surface area contributed by atoms with Crippen LogP contribution in [0.3, 0.4) is 0 Å². The van der Waals surface area contributed by atoms with E-state index in [1.807, 2.05) is 0 Å². The highest BCUT2D eigenvalue weighted by molar-refractivity contribution is 5.82. The van der Waals surface area contributed by atoms with Crippen molar-refractivity contribution in [2.45, 2.75) is 143 Å². The van der Waals surface area contributed by atoms with E-state index < -0.39 is 6.10 Å². The number of hydrogen-bond donors (Lipinski definition) is 2. The summed E-state index contributed by atoms with van der Waals surface area (Å²) in [6.45, 7) is 14.9. The van der Waals surface area contributed by atoms with E-state index in [1.54, 1.807) is 5.57 Å². The Kier molecular flexibility index (Phi) is 6.24. The van der Waals surface area contributed by atoms with Crippen molar-refractivity contribution >= 4 is 5.78 Å². The summed E-state index contributed by atoms with van der Waals surface area (Å²) in [5, 5.41) is 21.1. The van der Waals surface area contributed by atoms with Gasteiger partial charge in [-0.05, 0) is 109 Å². The van der Waals surface area contributed by atoms with Crippen LogP contribution in [-0.4, -0.2) is 53.1 Å². The number of aliphatic hydroxyl groups excluding tert-OH is 2. The van der Waals surface area contributed by atoms with Gasteiger partial charge in [-0.3, -0.25) is 4.79 Å². The molecule has 0 aromatic rings. The van der Waals surface area contributed by atoms with Crippen molar-refractivity contribution in [1.82, 2.24) is 0 Å². The van der Waals surface area contributed by atoms with Crippen molar-refractivity contribution in [2.75, 3.05) is 6.61 Å². The van der Waals surface area contributed by atoms with Gasteiger partial charge in [0.15, 0.2) is 0 Å². The van der Waals surface area contributed by atoms with E-state index in [1.165, 1.54) is 44.9 Å². The van der Waals surface area contributed by atoms with Crippen LogP contribution in [0.25, 0.3) is 0 Å². The van der Waals surface area contributed by atoms with Gasteiger partial charge in [-0.15, -0.1) is 0 Å². The van der Waals surface area contributed by atoms with Crippen LogP contribution in [0.2, 0.25) is 0 Å². The second-order valence-electron chi connectivity index (χ2n) is 17.0. The number of epoxide rings is 1. The van der Waals surface area contributed by atoms with Gasteiger partial charge in [0.2, 0.25) is 0 Å². The Morgan fingerprint density at radius 2 is 1.70 bits per heavy atom. The van der Waals surface area contributed by atoms with Crippen LogP contribution in [0.4, 0.5) is 0 Å². The van der Waals surface area contributed by atoms with Gasteiger partial charge >= 0.3 is 0 Å². The van der Waals surface area contributed by atoms with Crippen molar-refractivity contribution in [3.8, 4) is 0 Å². The van der Waals surface area contributed by atoms with E-state index in [-0.39, 0.29) is 58.6 Å². The molecule has 0 spiro atoms. The van der Waals surface area contributed by atoms with Gasteiger partial charge in [0.05, 0.1) is 12.7 Å². The number of ether oxygens (including phenoxy) is 2. The highest BCUT2D eigenvalue weighted by Gasteiger charge is 2.68. The lowest BCUT2D eigenvalue weighted by atomic mass is 9.34. The molecule has 224 valence electrons. The third kappa shape index (κ3) is 3.69. The van der Waals surface area contributed by atoms with Crippen LogP contribution >= 0.6 is 0 Å². The van der Waals surface area contributed by atoms with Crippen LogP contribution in [0.5, 0.6) is 0 Å². The second kappa shape index (κ2) is 8.89. The van der Waals surface area contributed by atoms with Crippen LogP contribution in [0.15, 0.2) is 11.6 Å². The maximum atomic E-state index is 12.8. The topological polar surface area (TPSA) is 79.3 Å². The van der Waals surface area contributed by atoms with Crippen molar-refractivity contribution in [1.29, 1.82) is 0 Å². The molecule has 0 amide bonds. The first-order valence-corrected chi connectivity index (χ1v) is 16.6. The molecule has 7 aliphatic rings. The van der Waals surface area contributed by atoms with Crippen molar-refractivity contribution < 1.29 is 24.5 Å². The van der Waals surface area contributed by atoms with Crippen LogP contribution in [0.1, 0.15) is 112 Å². The molecule has 7 rings (SSSR count). The minimum atomic E-state index is -0.598. The zero-order chi connectivity index (χ0) is 28.5. The molecule has 5 nitrogen and oxygen atoms in total. The van der Waals surface area contributed by atoms with E-state index in [4.69, 9.17) is 9.47 Å². The van der Waals surface area contributed by atoms with E-state index in [0.29, 0.717) is 29.0 Å². The molecule has 5 heteroatoms. The minimum Gasteiger partial charge on any atom is -0.394 e. The third-order valence-electron chi connectivity index (χ3n) is 15.0. The summed E-state index contributed by atoms with van der Waals surface area (Å²) in [7, 11) is 0. The summed E-state index contributed by atoms with van der Waals surface area (Å²) >= 11 is 0. The smallest absolute Gasteiger partial charge is 0.136 e. The van der Waals surface area contributed by atoms with Crippen LogP contribution < -0.4 is 0 Å². The predicted molar refractivity (Wildman–Crippen MR) is 154 cm³/mol. The molecule has 2 saturated heterocycles. The molecule has 0 aromatic carbocycles. The lowest BCUT2D eigenvalue weighted by Gasteiger charge is -2.70. The molecule has 0 aromatic heterocycles. The van der Waals surface area contributed by atoms with Gasteiger partial charge in [-0.1, -0.05) is 53.2 Å². The maximum absolute atomic E-state index is 12.8. The predicted octanol–water partition coefficient (Wildman–Crippen LogP) is 6.25. The molecule has 2 aliphatic heterocycles. The first-order chi connectivity index (χ1) is 18.8. The van der Waals surface area contributed by atoms with Gasteiger partial charge in [-0.2, -0.15) is 0 Å².